The quantitative estimate of drug-likeness (QED) is 0.330. The number of thioether (sulfide) groups is 1. The third-order valence-electron chi connectivity index (χ3n) is 10.4. The van der Waals surface area contributed by atoms with Crippen molar-refractivity contribution >= 4 is 40.9 Å². The van der Waals surface area contributed by atoms with Gasteiger partial charge in [0, 0.05) is 29.2 Å². The summed E-state index contributed by atoms with van der Waals surface area (Å²) >= 11 is 1.54. The Morgan fingerprint density at radius 2 is 1.50 bits per heavy atom. The first-order valence-corrected chi connectivity index (χ1v) is 17.4. The lowest BCUT2D eigenvalue weighted by atomic mass is 9.74. The van der Waals surface area contributed by atoms with Crippen molar-refractivity contribution in [1.82, 2.24) is 4.90 Å². The first-order chi connectivity index (χ1) is 23.1. The fraction of sp³-hybridized carbons (Fsp3) is 0.359. The van der Waals surface area contributed by atoms with Gasteiger partial charge in [-0.2, -0.15) is 0 Å². The van der Waals surface area contributed by atoms with E-state index in [1.54, 1.807) is 26.5 Å². The van der Waals surface area contributed by atoms with Crippen LogP contribution in [-0.2, 0) is 14.4 Å². The zero-order valence-corrected chi connectivity index (χ0v) is 28.5. The first-order valence-electron chi connectivity index (χ1n) is 16.6. The summed E-state index contributed by atoms with van der Waals surface area (Å²) in [7, 11) is 0. The van der Waals surface area contributed by atoms with Gasteiger partial charge < -0.3 is 24.5 Å². The van der Waals surface area contributed by atoms with Crippen LogP contribution in [0, 0.1) is 25.7 Å². The normalized spacial score (nSPS) is 28.6. The Labute approximate surface area is 286 Å². The van der Waals surface area contributed by atoms with Crippen LogP contribution in [0.15, 0.2) is 97.1 Å². The van der Waals surface area contributed by atoms with Crippen LogP contribution in [0.1, 0.15) is 36.6 Å². The van der Waals surface area contributed by atoms with Crippen LogP contribution < -0.4 is 14.5 Å². The Hall–Kier alpha value is -4.34. The number of aliphatic hydroxyl groups excluding tert-OH is 1. The van der Waals surface area contributed by atoms with Gasteiger partial charge in [-0.1, -0.05) is 72.8 Å². The van der Waals surface area contributed by atoms with Crippen molar-refractivity contribution in [2.75, 3.05) is 36.1 Å². The predicted molar refractivity (Wildman–Crippen MR) is 189 cm³/mol. The molecule has 4 heterocycles. The fourth-order valence-corrected chi connectivity index (χ4v) is 10.5. The summed E-state index contributed by atoms with van der Waals surface area (Å²) in [5.74, 6) is -1.54. The average molecular weight is 664 g/mol. The minimum atomic E-state index is -1.05. The molecule has 4 aliphatic rings. The zero-order chi connectivity index (χ0) is 33.8. The molecular weight excluding hydrogens is 623 g/mol. The van der Waals surface area contributed by atoms with E-state index in [1.165, 1.54) is 0 Å². The number of aliphatic hydroxyl groups is 1. The Morgan fingerprint density at radius 3 is 2.17 bits per heavy atom. The fourth-order valence-electron chi connectivity index (χ4n) is 8.38. The van der Waals surface area contributed by atoms with Crippen LogP contribution in [0.5, 0.6) is 5.75 Å². The number of aryl methyl sites for hydroxylation is 2. The van der Waals surface area contributed by atoms with Crippen molar-refractivity contribution in [3.05, 3.63) is 114 Å². The van der Waals surface area contributed by atoms with Crippen molar-refractivity contribution in [1.29, 1.82) is 0 Å². The molecule has 0 aliphatic carbocycles. The minimum Gasteiger partial charge on any atom is -0.494 e. The molecule has 4 aliphatic heterocycles. The van der Waals surface area contributed by atoms with Gasteiger partial charge in [0.05, 0.1) is 35.8 Å². The maximum atomic E-state index is 15.2. The molecule has 6 atom stereocenters. The number of nitrogens with zero attached hydrogens (tertiary/aromatic N) is 3. The van der Waals surface area contributed by atoms with Crippen molar-refractivity contribution in [2.24, 2.45) is 11.8 Å². The molecule has 48 heavy (non-hydrogen) atoms. The summed E-state index contributed by atoms with van der Waals surface area (Å²) in [5, 5.41) is 10.9. The lowest BCUT2D eigenvalue weighted by Gasteiger charge is -2.40. The van der Waals surface area contributed by atoms with Crippen LogP contribution in [0.25, 0.3) is 0 Å². The van der Waals surface area contributed by atoms with E-state index < -0.39 is 33.4 Å². The van der Waals surface area contributed by atoms with Crippen LogP contribution >= 0.6 is 11.8 Å². The van der Waals surface area contributed by atoms with Gasteiger partial charge in [0.25, 0.3) is 5.91 Å². The number of likely N-dealkylation sites (tertiary alicyclic amines) is 1. The number of rotatable bonds is 7. The van der Waals surface area contributed by atoms with E-state index in [1.807, 2.05) is 119 Å². The second-order valence-electron chi connectivity index (χ2n) is 13.2. The molecule has 2 saturated heterocycles. The van der Waals surface area contributed by atoms with Gasteiger partial charge in [-0.3, -0.25) is 14.4 Å². The standard InChI is InChI=1S/C39H41N3O5S/c1-5-47-29-18-16-28(17-19-29)40-22-10-20-38(4)31(35(40)44)32-36(45)42(30(24-43)27-14-7-6-8-15-27)34-37(46)41(23-11-21-39(32,34)48-38)33-25(2)12-9-13-26(33)3/h6-21,30-32,34,43H,5,22-24H2,1-4H3/t30-,31-,32+,34?,38+,39+/m1/s1. The van der Waals surface area contributed by atoms with E-state index >= 15 is 9.59 Å². The van der Waals surface area contributed by atoms with Crippen molar-refractivity contribution in [3.63, 3.8) is 0 Å². The molecule has 0 bridgehead atoms. The smallest absolute Gasteiger partial charge is 0.251 e. The highest BCUT2D eigenvalue weighted by atomic mass is 32.2. The SMILES string of the molecule is CCOc1ccc(N2CC=C[C@]3(C)S[C@]45C=CCN(c6c(C)cccc6C)C(=O)C4N([C@H](CO)c4ccccc4)C(=O)[C@@H]5[C@@H]3C2=O)cc1. The number of hydrogen-bond acceptors (Lipinski definition) is 6. The number of carbonyl (C=O) groups excluding carboxylic acids is 3. The molecule has 9 heteroatoms. The monoisotopic (exact) mass is 663 g/mol. The maximum Gasteiger partial charge on any atom is 0.251 e. The number of fused-ring (bicyclic) bond motifs is 2. The molecule has 3 aromatic rings. The summed E-state index contributed by atoms with van der Waals surface area (Å²) in [6.45, 7) is 8.79. The third kappa shape index (κ3) is 4.89. The molecule has 248 valence electrons. The highest BCUT2D eigenvalue weighted by molar-refractivity contribution is 8.02. The summed E-state index contributed by atoms with van der Waals surface area (Å²) in [6, 6.07) is 21.0. The molecule has 0 saturated carbocycles. The topological polar surface area (TPSA) is 90.4 Å². The van der Waals surface area contributed by atoms with E-state index in [9.17, 15) is 9.90 Å². The second kappa shape index (κ2) is 12.3. The van der Waals surface area contributed by atoms with Gasteiger partial charge in [-0.25, -0.2) is 0 Å². The Morgan fingerprint density at radius 1 is 0.833 bits per heavy atom. The van der Waals surface area contributed by atoms with E-state index in [2.05, 4.69) is 6.08 Å². The molecule has 3 amide bonds. The van der Waals surface area contributed by atoms with Crippen molar-refractivity contribution < 1.29 is 24.2 Å². The molecule has 8 nitrogen and oxygen atoms in total. The minimum absolute atomic E-state index is 0.160. The molecule has 7 rings (SSSR count). The molecule has 3 aromatic carbocycles. The largest absolute Gasteiger partial charge is 0.494 e. The second-order valence-corrected chi connectivity index (χ2v) is 15.0. The summed E-state index contributed by atoms with van der Waals surface area (Å²) in [4.78, 5) is 50.3. The number of carbonyl (C=O) groups is 3. The molecule has 1 unspecified atom stereocenters. The van der Waals surface area contributed by atoms with Crippen molar-refractivity contribution in [2.45, 2.75) is 49.3 Å². The van der Waals surface area contributed by atoms with Crippen LogP contribution in [0.2, 0.25) is 0 Å². The zero-order valence-electron chi connectivity index (χ0n) is 27.7. The average Bonchev–Trinajstić information content (AvgIpc) is 3.35. The summed E-state index contributed by atoms with van der Waals surface area (Å²) in [6.07, 6.45) is 8.08. The predicted octanol–water partition coefficient (Wildman–Crippen LogP) is 5.63. The first kappa shape index (κ1) is 32.2. The Balaban J connectivity index is 1.38. The van der Waals surface area contributed by atoms with Crippen LogP contribution in [-0.4, -0.2) is 69.6 Å². The lowest BCUT2D eigenvalue weighted by Crippen LogP contribution is -2.55. The third-order valence-corrected chi connectivity index (χ3v) is 12.2. The van der Waals surface area contributed by atoms with Gasteiger partial charge in [-0.05, 0) is 68.7 Å². The molecular formula is C39H41N3O5S. The molecule has 0 aromatic heterocycles. The van der Waals surface area contributed by atoms with E-state index in [0.29, 0.717) is 25.4 Å². The number of hydrogen-bond donors (Lipinski definition) is 1. The maximum absolute atomic E-state index is 15.2. The molecule has 1 spiro atoms. The summed E-state index contributed by atoms with van der Waals surface area (Å²) < 4.78 is 3.82. The van der Waals surface area contributed by atoms with Gasteiger partial charge in [0.15, 0.2) is 0 Å². The number of para-hydroxylation sites is 1. The number of ether oxygens (including phenoxy) is 1. The van der Waals surface area contributed by atoms with Gasteiger partial charge in [0.2, 0.25) is 11.8 Å². The molecule has 1 N–H and O–H groups in total. The Bertz CT molecular complexity index is 1790. The van der Waals surface area contributed by atoms with Gasteiger partial charge in [0.1, 0.15) is 11.8 Å². The molecule has 0 radical (unpaired) electrons. The number of benzene rings is 3. The lowest BCUT2D eigenvalue weighted by molar-refractivity contribution is -0.142. The van der Waals surface area contributed by atoms with E-state index in [0.717, 1.165) is 28.1 Å². The van der Waals surface area contributed by atoms with Gasteiger partial charge in [-0.15, -0.1) is 11.8 Å². The number of amides is 3. The van der Waals surface area contributed by atoms with Crippen LogP contribution in [0.4, 0.5) is 11.4 Å². The summed E-state index contributed by atoms with van der Waals surface area (Å²) in [5.41, 5.74) is 4.19. The van der Waals surface area contributed by atoms with Crippen molar-refractivity contribution in [3.8, 4) is 5.75 Å². The number of anilines is 2. The van der Waals surface area contributed by atoms with Gasteiger partial charge >= 0.3 is 0 Å². The highest BCUT2D eigenvalue weighted by Crippen LogP contribution is 2.66. The highest BCUT2D eigenvalue weighted by Gasteiger charge is 2.74. The van der Waals surface area contributed by atoms with E-state index in [-0.39, 0.29) is 24.3 Å². The van der Waals surface area contributed by atoms with Crippen LogP contribution in [0.3, 0.4) is 0 Å². The Kier molecular flexibility index (Phi) is 8.24. The molecule has 2 fully saturated rings. The van der Waals surface area contributed by atoms with E-state index in [4.69, 9.17) is 4.74 Å².